The highest BCUT2D eigenvalue weighted by atomic mass is 127. The van der Waals surface area contributed by atoms with Crippen LogP contribution in [0, 0.1) is 0 Å². The van der Waals surface area contributed by atoms with Gasteiger partial charge in [0.2, 0.25) is 0 Å². The van der Waals surface area contributed by atoms with Crippen molar-refractivity contribution in [3.63, 3.8) is 0 Å². The lowest BCUT2D eigenvalue weighted by atomic mass is 9.69. The molecule has 3 nitrogen and oxygen atoms in total. The van der Waals surface area contributed by atoms with E-state index in [-0.39, 0.29) is 29.4 Å². The Labute approximate surface area is 149 Å². The van der Waals surface area contributed by atoms with Crippen molar-refractivity contribution in [2.45, 2.75) is 37.5 Å². The summed E-state index contributed by atoms with van der Waals surface area (Å²) in [6.45, 7) is 2.80. The van der Waals surface area contributed by atoms with Gasteiger partial charge >= 0.3 is 0 Å². The van der Waals surface area contributed by atoms with E-state index in [4.69, 9.17) is 11.6 Å². The second kappa shape index (κ2) is 7.68. The first-order valence-corrected chi connectivity index (χ1v) is 7.95. The number of guanidine groups is 1. The van der Waals surface area contributed by atoms with E-state index < -0.39 is 0 Å². The van der Waals surface area contributed by atoms with E-state index in [0.717, 1.165) is 30.6 Å². The molecule has 0 aromatic heterocycles. The number of hydrogen-bond acceptors (Lipinski definition) is 3. The minimum absolute atomic E-state index is 0. The van der Waals surface area contributed by atoms with Crippen molar-refractivity contribution in [1.82, 2.24) is 10.6 Å². The van der Waals surface area contributed by atoms with E-state index in [1.165, 1.54) is 37.7 Å². The number of rotatable bonds is 3. The van der Waals surface area contributed by atoms with Gasteiger partial charge in [0.1, 0.15) is 0 Å². The quantitative estimate of drug-likeness (QED) is 0.733. The minimum Gasteiger partial charge on any atom is -0.356 e. The third kappa shape index (κ3) is 4.03. The van der Waals surface area contributed by atoms with Gasteiger partial charge < -0.3 is 10.6 Å². The van der Waals surface area contributed by atoms with E-state index in [2.05, 4.69) is 27.8 Å². The minimum atomic E-state index is 0. The van der Waals surface area contributed by atoms with Crippen LogP contribution in [0.3, 0.4) is 0 Å². The fraction of sp³-hybridized carbons (Fsp3) is 0.562. The summed E-state index contributed by atoms with van der Waals surface area (Å²) in [6, 6.07) is 8.41. The van der Waals surface area contributed by atoms with Gasteiger partial charge in [-0.05, 0) is 30.5 Å². The van der Waals surface area contributed by atoms with E-state index >= 15 is 0 Å². The average molecular weight is 420 g/mol. The molecule has 1 fully saturated rings. The smallest absolute Gasteiger partial charge is 0.191 e. The highest BCUT2D eigenvalue weighted by molar-refractivity contribution is 14.0. The molecule has 2 N–H and O–H groups in total. The molecule has 116 valence electrons. The molecular weight excluding hydrogens is 397 g/mol. The molecule has 1 saturated carbocycles. The van der Waals surface area contributed by atoms with Crippen LogP contribution in [-0.2, 0) is 5.41 Å². The third-order valence-corrected chi connectivity index (χ3v) is 4.79. The molecule has 0 atom stereocenters. The first-order chi connectivity index (χ1) is 9.78. The number of benzene rings is 1. The fourth-order valence-electron chi connectivity index (χ4n) is 3.37. The number of hydrogen-bond donors (Lipinski definition) is 2. The first kappa shape index (κ1) is 16.9. The molecule has 1 aromatic rings. The molecule has 1 aliphatic carbocycles. The number of halogens is 2. The van der Waals surface area contributed by atoms with Crippen molar-refractivity contribution >= 4 is 41.5 Å². The highest BCUT2D eigenvalue weighted by Gasteiger charge is 2.34. The molecule has 0 amide bonds. The summed E-state index contributed by atoms with van der Waals surface area (Å²) >= 11 is 6.03. The maximum atomic E-state index is 6.03. The molecule has 0 unspecified atom stereocenters. The Kier molecular flexibility index (Phi) is 6.17. The topological polar surface area (TPSA) is 36.4 Å². The van der Waals surface area contributed by atoms with Crippen LogP contribution in [0.25, 0.3) is 0 Å². The van der Waals surface area contributed by atoms with Crippen LogP contribution in [0.15, 0.2) is 29.3 Å². The van der Waals surface area contributed by atoms with Crippen molar-refractivity contribution in [2.24, 2.45) is 4.99 Å². The zero-order chi connectivity index (χ0) is 13.8. The molecule has 0 spiro atoms. The van der Waals surface area contributed by atoms with Gasteiger partial charge in [0, 0.05) is 23.5 Å². The zero-order valence-electron chi connectivity index (χ0n) is 12.2. The van der Waals surface area contributed by atoms with Gasteiger partial charge in [-0.2, -0.15) is 0 Å². The Balaban J connectivity index is 0.00000161. The van der Waals surface area contributed by atoms with Crippen molar-refractivity contribution < 1.29 is 0 Å². The molecule has 0 radical (unpaired) electrons. The Morgan fingerprint density at radius 3 is 2.48 bits per heavy atom. The van der Waals surface area contributed by atoms with Crippen molar-refractivity contribution in [3.8, 4) is 0 Å². The largest absolute Gasteiger partial charge is 0.356 e. The van der Waals surface area contributed by atoms with Crippen LogP contribution >= 0.6 is 35.6 Å². The van der Waals surface area contributed by atoms with Crippen molar-refractivity contribution in [3.05, 3.63) is 34.9 Å². The van der Waals surface area contributed by atoms with Gasteiger partial charge in [-0.1, -0.05) is 43.0 Å². The molecule has 1 heterocycles. The van der Waals surface area contributed by atoms with Gasteiger partial charge in [0.25, 0.3) is 0 Å². The van der Waals surface area contributed by atoms with Crippen LogP contribution in [0.4, 0.5) is 0 Å². The molecule has 3 rings (SSSR count). The van der Waals surface area contributed by atoms with Gasteiger partial charge in [-0.3, -0.25) is 4.99 Å². The monoisotopic (exact) mass is 419 g/mol. The fourth-order valence-corrected chi connectivity index (χ4v) is 3.49. The van der Waals surface area contributed by atoms with Crippen LogP contribution < -0.4 is 10.6 Å². The van der Waals surface area contributed by atoms with Gasteiger partial charge in [0.15, 0.2) is 5.96 Å². The van der Waals surface area contributed by atoms with Crippen molar-refractivity contribution in [2.75, 3.05) is 19.6 Å². The summed E-state index contributed by atoms with van der Waals surface area (Å²) in [5, 5.41) is 7.62. The Morgan fingerprint density at radius 1 is 1.14 bits per heavy atom. The molecular formula is C16H23ClIN3. The summed E-state index contributed by atoms with van der Waals surface area (Å²) in [7, 11) is 0. The normalized spacial score (nSPS) is 20.1. The summed E-state index contributed by atoms with van der Waals surface area (Å²) in [6.07, 6.45) is 6.47. The van der Waals surface area contributed by atoms with Crippen LogP contribution in [0.2, 0.25) is 5.02 Å². The van der Waals surface area contributed by atoms with E-state index in [1.54, 1.807) is 0 Å². The molecule has 21 heavy (non-hydrogen) atoms. The summed E-state index contributed by atoms with van der Waals surface area (Å²) in [4.78, 5) is 4.43. The lowest BCUT2D eigenvalue weighted by molar-refractivity contribution is 0.291. The number of nitrogens with zero attached hydrogens (tertiary/aromatic N) is 1. The average Bonchev–Trinajstić information content (AvgIpc) is 3.00. The Hall–Kier alpha value is -0.490. The zero-order valence-corrected chi connectivity index (χ0v) is 15.3. The molecule has 0 saturated heterocycles. The SMILES string of the molecule is Clc1ccc(C2(CNC3=NCCN3)CCCCC2)cc1.I. The maximum absolute atomic E-state index is 6.03. The summed E-state index contributed by atoms with van der Waals surface area (Å²) in [5.41, 5.74) is 1.64. The van der Waals surface area contributed by atoms with Gasteiger partial charge in [-0.25, -0.2) is 0 Å². The van der Waals surface area contributed by atoms with Crippen LogP contribution in [0.1, 0.15) is 37.7 Å². The second-order valence-electron chi connectivity index (χ2n) is 5.86. The highest BCUT2D eigenvalue weighted by Crippen LogP contribution is 2.39. The van der Waals surface area contributed by atoms with Crippen molar-refractivity contribution in [1.29, 1.82) is 0 Å². The third-order valence-electron chi connectivity index (χ3n) is 4.54. The van der Waals surface area contributed by atoms with E-state index in [0.29, 0.717) is 0 Å². The lowest BCUT2D eigenvalue weighted by Crippen LogP contribution is -2.45. The van der Waals surface area contributed by atoms with E-state index in [9.17, 15) is 0 Å². The molecule has 1 aromatic carbocycles. The molecule has 0 bridgehead atoms. The Bertz CT molecular complexity index is 481. The summed E-state index contributed by atoms with van der Waals surface area (Å²) in [5.74, 6) is 0.962. The number of nitrogens with one attached hydrogen (secondary N) is 2. The Morgan fingerprint density at radius 2 is 1.86 bits per heavy atom. The standard InChI is InChI=1S/C16H22ClN3.HI/c17-14-6-4-13(5-7-14)16(8-2-1-3-9-16)12-20-15-18-10-11-19-15;/h4-7H,1-3,8-12H2,(H2,18,19,20);1H. The number of aliphatic imine (C=N–C) groups is 1. The van der Waals surface area contributed by atoms with Gasteiger partial charge in [-0.15, -0.1) is 24.0 Å². The summed E-state index contributed by atoms with van der Waals surface area (Å²) < 4.78 is 0. The molecule has 1 aliphatic heterocycles. The predicted octanol–water partition coefficient (Wildman–Crippen LogP) is 3.71. The van der Waals surface area contributed by atoms with Gasteiger partial charge in [0.05, 0.1) is 6.54 Å². The maximum Gasteiger partial charge on any atom is 0.191 e. The second-order valence-corrected chi connectivity index (χ2v) is 6.29. The van der Waals surface area contributed by atoms with Crippen LogP contribution in [-0.4, -0.2) is 25.6 Å². The molecule has 5 heteroatoms. The van der Waals surface area contributed by atoms with Crippen LogP contribution in [0.5, 0.6) is 0 Å². The predicted molar refractivity (Wildman–Crippen MR) is 99.9 cm³/mol. The first-order valence-electron chi connectivity index (χ1n) is 7.57. The molecule has 2 aliphatic rings. The lowest BCUT2D eigenvalue weighted by Gasteiger charge is -2.38. The van der Waals surface area contributed by atoms with E-state index in [1.807, 2.05) is 12.1 Å².